The van der Waals surface area contributed by atoms with Crippen molar-refractivity contribution in [1.82, 2.24) is 0 Å². The average Bonchev–Trinajstić information content (AvgIpc) is 2.42. The standard InChI is InChI=1S/C15H18N2O2S/c1-3-12-4-7-14(8-5-12)20(18,19)17-15-9-6-13(16)10-11(15)2/h4-10,17H,3,16H2,1-2H3. The molecule has 0 saturated carbocycles. The lowest BCUT2D eigenvalue weighted by molar-refractivity contribution is 0.601. The highest BCUT2D eigenvalue weighted by Crippen LogP contribution is 2.21. The fourth-order valence-electron chi connectivity index (χ4n) is 1.91. The highest BCUT2D eigenvalue weighted by atomic mass is 32.2. The quantitative estimate of drug-likeness (QED) is 0.850. The second-order valence-electron chi connectivity index (χ2n) is 4.68. The van der Waals surface area contributed by atoms with Crippen molar-refractivity contribution in [2.24, 2.45) is 0 Å². The van der Waals surface area contributed by atoms with Crippen LogP contribution in [0.25, 0.3) is 0 Å². The van der Waals surface area contributed by atoms with E-state index in [0.29, 0.717) is 11.4 Å². The molecule has 106 valence electrons. The van der Waals surface area contributed by atoms with Gasteiger partial charge in [0.05, 0.1) is 10.6 Å². The van der Waals surface area contributed by atoms with E-state index in [0.717, 1.165) is 17.5 Å². The van der Waals surface area contributed by atoms with Crippen LogP contribution in [-0.4, -0.2) is 8.42 Å². The maximum absolute atomic E-state index is 12.3. The maximum Gasteiger partial charge on any atom is 0.261 e. The van der Waals surface area contributed by atoms with Gasteiger partial charge in [-0.15, -0.1) is 0 Å². The molecule has 0 aliphatic heterocycles. The molecule has 0 aliphatic carbocycles. The summed E-state index contributed by atoms with van der Waals surface area (Å²) in [5.41, 5.74) is 8.70. The van der Waals surface area contributed by atoms with Gasteiger partial charge < -0.3 is 5.73 Å². The number of nitrogen functional groups attached to an aromatic ring is 1. The Labute approximate surface area is 119 Å². The van der Waals surface area contributed by atoms with Crippen LogP contribution in [0.2, 0.25) is 0 Å². The van der Waals surface area contributed by atoms with Crippen LogP contribution in [0.4, 0.5) is 11.4 Å². The van der Waals surface area contributed by atoms with E-state index in [1.807, 2.05) is 26.0 Å². The topological polar surface area (TPSA) is 72.2 Å². The van der Waals surface area contributed by atoms with E-state index in [-0.39, 0.29) is 4.90 Å². The summed E-state index contributed by atoms with van der Waals surface area (Å²) in [5, 5.41) is 0. The summed E-state index contributed by atoms with van der Waals surface area (Å²) in [6.45, 7) is 3.84. The van der Waals surface area contributed by atoms with Crippen molar-refractivity contribution in [3.63, 3.8) is 0 Å². The molecule has 4 nitrogen and oxygen atoms in total. The number of hydrogen-bond acceptors (Lipinski definition) is 3. The first-order chi connectivity index (χ1) is 9.42. The van der Waals surface area contributed by atoms with E-state index < -0.39 is 10.0 Å². The van der Waals surface area contributed by atoms with Gasteiger partial charge in [-0.25, -0.2) is 8.42 Å². The summed E-state index contributed by atoms with van der Waals surface area (Å²) in [5.74, 6) is 0. The number of nitrogens with one attached hydrogen (secondary N) is 1. The lowest BCUT2D eigenvalue weighted by atomic mass is 10.2. The van der Waals surface area contributed by atoms with Gasteiger partial charge in [0.2, 0.25) is 0 Å². The fourth-order valence-corrected chi connectivity index (χ4v) is 3.04. The Morgan fingerprint density at radius 1 is 1.10 bits per heavy atom. The molecular formula is C15H18N2O2S. The smallest absolute Gasteiger partial charge is 0.261 e. The van der Waals surface area contributed by atoms with Gasteiger partial charge in [0.25, 0.3) is 10.0 Å². The molecule has 20 heavy (non-hydrogen) atoms. The van der Waals surface area contributed by atoms with Gasteiger partial charge in [-0.1, -0.05) is 19.1 Å². The third-order valence-electron chi connectivity index (χ3n) is 3.14. The van der Waals surface area contributed by atoms with Crippen LogP contribution in [0.15, 0.2) is 47.4 Å². The molecule has 0 radical (unpaired) electrons. The zero-order chi connectivity index (χ0) is 14.8. The number of hydrogen-bond donors (Lipinski definition) is 2. The Balaban J connectivity index is 2.30. The minimum Gasteiger partial charge on any atom is -0.399 e. The molecule has 2 aromatic rings. The molecule has 0 saturated heterocycles. The lowest BCUT2D eigenvalue weighted by Gasteiger charge is -2.11. The van der Waals surface area contributed by atoms with Crippen molar-refractivity contribution in [3.05, 3.63) is 53.6 Å². The predicted molar refractivity (Wildman–Crippen MR) is 82.2 cm³/mol. The van der Waals surface area contributed by atoms with Gasteiger partial charge >= 0.3 is 0 Å². The third-order valence-corrected chi connectivity index (χ3v) is 4.52. The van der Waals surface area contributed by atoms with Crippen molar-refractivity contribution in [3.8, 4) is 0 Å². The molecule has 0 fully saturated rings. The van der Waals surface area contributed by atoms with Gasteiger partial charge in [0, 0.05) is 5.69 Å². The lowest BCUT2D eigenvalue weighted by Crippen LogP contribution is -2.13. The molecular weight excluding hydrogens is 272 g/mol. The molecule has 0 bridgehead atoms. The SMILES string of the molecule is CCc1ccc(S(=O)(=O)Nc2ccc(N)cc2C)cc1. The van der Waals surface area contributed by atoms with Crippen LogP contribution in [0, 0.1) is 6.92 Å². The Kier molecular flexibility index (Phi) is 3.99. The molecule has 2 aromatic carbocycles. The van der Waals surface area contributed by atoms with E-state index in [9.17, 15) is 8.42 Å². The third kappa shape index (κ3) is 3.11. The number of anilines is 2. The van der Waals surface area contributed by atoms with E-state index in [1.54, 1.807) is 30.3 Å². The number of benzene rings is 2. The first kappa shape index (κ1) is 14.4. The van der Waals surface area contributed by atoms with E-state index in [4.69, 9.17) is 5.73 Å². The number of aryl methyl sites for hydroxylation is 2. The van der Waals surface area contributed by atoms with Crippen LogP contribution < -0.4 is 10.5 Å². The van der Waals surface area contributed by atoms with Gasteiger partial charge in [-0.2, -0.15) is 0 Å². The molecule has 3 N–H and O–H groups in total. The Morgan fingerprint density at radius 3 is 2.30 bits per heavy atom. The van der Waals surface area contributed by atoms with Crippen molar-refractivity contribution in [1.29, 1.82) is 0 Å². The molecule has 0 aromatic heterocycles. The minimum atomic E-state index is -3.56. The van der Waals surface area contributed by atoms with Crippen molar-refractivity contribution in [2.45, 2.75) is 25.2 Å². The summed E-state index contributed by atoms with van der Waals surface area (Å²) in [4.78, 5) is 0.255. The normalized spacial score (nSPS) is 11.3. The highest BCUT2D eigenvalue weighted by molar-refractivity contribution is 7.92. The fraction of sp³-hybridized carbons (Fsp3) is 0.200. The highest BCUT2D eigenvalue weighted by Gasteiger charge is 2.14. The number of nitrogens with two attached hydrogens (primary N) is 1. The first-order valence-electron chi connectivity index (χ1n) is 6.40. The van der Waals surface area contributed by atoms with Crippen LogP contribution in [0.3, 0.4) is 0 Å². The Bertz CT molecular complexity index is 707. The Hall–Kier alpha value is -2.01. The van der Waals surface area contributed by atoms with E-state index in [2.05, 4.69) is 4.72 Å². The molecule has 2 rings (SSSR count). The Morgan fingerprint density at radius 2 is 1.75 bits per heavy atom. The predicted octanol–water partition coefficient (Wildman–Crippen LogP) is 2.94. The van der Waals surface area contributed by atoms with Crippen molar-refractivity contribution in [2.75, 3.05) is 10.5 Å². The minimum absolute atomic E-state index is 0.255. The molecule has 0 spiro atoms. The van der Waals surface area contributed by atoms with Gasteiger partial charge in [0.15, 0.2) is 0 Å². The monoisotopic (exact) mass is 290 g/mol. The van der Waals surface area contributed by atoms with E-state index >= 15 is 0 Å². The van der Waals surface area contributed by atoms with Crippen molar-refractivity contribution >= 4 is 21.4 Å². The summed E-state index contributed by atoms with van der Waals surface area (Å²) >= 11 is 0. The van der Waals surface area contributed by atoms with Crippen LogP contribution >= 0.6 is 0 Å². The second-order valence-corrected chi connectivity index (χ2v) is 6.36. The maximum atomic E-state index is 12.3. The zero-order valence-electron chi connectivity index (χ0n) is 11.6. The largest absolute Gasteiger partial charge is 0.399 e. The molecule has 5 heteroatoms. The zero-order valence-corrected chi connectivity index (χ0v) is 12.4. The van der Waals surface area contributed by atoms with Crippen molar-refractivity contribution < 1.29 is 8.42 Å². The van der Waals surface area contributed by atoms with E-state index in [1.165, 1.54) is 0 Å². The van der Waals surface area contributed by atoms with Gasteiger partial charge in [-0.3, -0.25) is 4.72 Å². The summed E-state index contributed by atoms with van der Waals surface area (Å²) < 4.78 is 27.2. The average molecular weight is 290 g/mol. The van der Waals surface area contributed by atoms with Crippen LogP contribution in [0.1, 0.15) is 18.1 Å². The van der Waals surface area contributed by atoms with Crippen LogP contribution in [0.5, 0.6) is 0 Å². The summed E-state index contributed by atoms with van der Waals surface area (Å²) in [6, 6.07) is 12.0. The molecule has 0 aliphatic rings. The second kappa shape index (κ2) is 5.54. The molecule has 0 amide bonds. The summed E-state index contributed by atoms with van der Waals surface area (Å²) in [7, 11) is -3.56. The molecule has 0 unspecified atom stereocenters. The molecule has 0 atom stereocenters. The van der Waals surface area contributed by atoms with Crippen LogP contribution in [-0.2, 0) is 16.4 Å². The molecule has 0 heterocycles. The first-order valence-corrected chi connectivity index (χ1v) is 7.88. The van der Waals surface area contributed by atoms with Gasteiger partial charge in [-0.05, 0) is 54.8 Å². The number of sulfonamides is 1. The van der Waals surface area contributed by atoms with Gasteiger partial charge in [0.1, 0.15) is 0 Å². The number of rotatable bonds is 4. The summed E-state index contributed by atoms with van der Waals surface area (Å²) in [6.07, 6.45) is 0.880.